The average Bonchev–Trinajstić information content (AvgIpc) is 2.97. The molecule has 1 aromatic carbocycles. The van der Waals surface area contributed by atoms with Gasteiger partial charge < -0.3 is 9.84 Å². The molecule has 1 N–H and O–H groups in total. The zero-order valence-electron chi connectivity index (χ0n) is 12.6. The van der Waals surface area contributed by atoms with Crippen molar-refractivity contribution in [2.24, 2.45) is 11.8 Å². The smallest absolute Gasteiger partial charge is 0.227 e. The van der Waals surface area contributed by atoms with Crippen LogP contribution in [0, 0.1) is 11.8 Å². The Hall–Kier alpha value is -0.910. The number of hydrogen-bond acceptors (Lipinski definition) is 4. The molecule has 0 saturated carbocycles. The number of rotatable bonds is 4. The van der Waals surface area contributed by atoms with E-state index in [0.717, 1.165) is 35.4 Å². The van der Waals surface area contributed by atoms with Crippen LogP contribution in [0.3, 0.4) is 0 Å². The van der Waals surface area contributed by atoms with Gasteiger partial charge in [-0.25, -0.2) is 0 Å². The Kier molecular flexibility index (Phi) is 6.41. The van der Waals surface area contributed by atoms with Gasteiger partial charge in [-0.2, -0.15) is 4.98 Å². The van der Waals surface area contributed by atoms with E-state index in [9.17, 15) is 0 Å². The average molecular weight is 387 g/mol. The quantitative estimate of drug-likeness (QED) is 0.859. The third-order valence-electron chi connectivity index (χ3n) is 4.19. The van der Waals surface area contributed by atoms with Crippen molar-refractivity contribution in [1.29, 1.82) is 0 Å². The summed E-state index contributed by atoms with van der Waals surface area (Å²) in [4.78, 5) is 4.54. The number of halogens is 2. The molecule has 4 nitrogen and oxygen atoms in total. The number of hydrogen-bond donors (Lipinski definition) is 1. The van der Waals surface area contributed by atoms with Crippen molar-refractivity contribution in [2.75, 3.05) is 13.1 Å². The van der Waals surface area contributed by atoms with Crippen LogP contribution in [0.4, 0.5) is 0 Å². The molecule has 22 heavy (non-hydrogen) atoms. The Morgan fingerprint density at radius 3 is 3.05 bits per heavy atom. The minimum atomic E-state index is 0. The second kappa shape index (κ2) is 8.09. The molecule has 120 valence electrons. The lowest BCUT2D eigenvalue weighted by molar-refractivity contribution is 0.257. The fourth-order valence-corrected chi connectivity index (χ4v) is 3.29. The summed E-state index contributed by atoms with van der Waals surface area (Å²) in [5, 5.41) is 7.57. The standard InChI is InChI=1S/C16H20BrN3O.ClH/c1-11(13-5-3-7-18-10-13)8-15-19-16(20-21-15)12-4-2-6-14(17)9-12;/h2,4,6,9,11,13,18H,3,5,7-8,10H2,1H3;1H. The normalized spacial score (nSPS) is 19.5. The first-order chi connectivity index (χ1) is 10.2. The summed E-state index contributed by atoms with van der Waals surface area (Å²) in [6.07, 6.45) is 3.41. The van der Waals surface area contributed by atoms with Gasteiger partial charge in [0.2, 0.25) is 11.7 Å². The minimum Gasteiger partial charge on any atom is -0.339 e. The van der Waals surface area contributed by atoms with Crippen LogP contribution in [0.5, 0.6) is 0 Å². The Bertz CT molecular complexity index is 599. The summed E-state index contributed by atoms with van der Waals surface area (Å²) >= 11 is 3.47. The molecule has 0 aliphatic carbocycles. The van der Waals surface area contributed by atoms with Crippen molar-refractivity contribution in [3.63, 3.8) is 0 Å². The Balaban J connectivity index is 0.00000176. The zero-order valence-corrected chi connectivity index (χ0v) is 15.0. The molecule has 0 bridgehead atoms. The lowest BCUT2D eigenvalue weighted by Gasteiger charge is -2.27. The number of benzene rings is 1. The fourth-order valence-electron chi connectivity index (χ4n) is 2.89. The Morgan fingerprint density at radius 1 is 1.45 bits per heavy atom. The zero-order chi connectivity index (χ0) is 14.7. The highest BCUT2D eigenvalue weighted by atomic mass is 79.9. The van der Waals surface area contributed by atoms with Crippen LogP contribution in [0.1, 0.15) is 25.7 Å². The van der Waals surface area contributed by atoms with Crippen LogP contribution in [0.25, 0.3) is 11.4 Å². The van der Waals surface area contributed by atoms with Gasteiger partial charge in [-0.15, -0.1) is 12.4 Å². The van der Waals surface area contributed by atoms with Crippen LogP contribution in [-0.2, 0) is 6.42 Å². The van der Waals surface area contributed by atoms with Gasteiger partial charge in [-0.05, 0) is 49.9 Å². The van der Waals surface area contributed by atoms with Crippen molar-refractivity contribution in [3.05, 3.63) is 34.6 Å². The van der Waals surface area contributed by atoms with Crippen molar-refractivity contribution in [3.8, 4) is 11.4 Å². The maximum atomic E-state index is 5.42. The Morgan fingerprint density at radius 2 is 2.32 bits per heavy atom. The summed E-state index contributed by atoms with van der Waals surface area (Å²) in [7, 11) is 0. The van der Waals surface area contributed by atoms with Crippen LogP contribution < -0.4 is 5.32 Å². The molecule has 0 amide bonds. The first-order valence-corrected chi connectivity index (χ1v) is 8.31. The highest BCUT2D eigenvalue weighted by molar-refractivity contribution is 9.10. The van der Waals surface area contributed by atoms with Crippen molar-refractivity contribution >= 4 is 28.3 Å². The highest BCUT2D eigenvalue weighted by Gasteiger charge is 2.22. The molecule has 6 heteroatoms. The Labute approximate surface area is 145 Å². The molecule has 2 aromatic rings. The van der Waals surface area contributed by atoms with E-state index in [4.69, 9.17) is 4.52 Å². The van der Waals surface area contributed by atoms with Gasteiger partial charge in [0, 0.05) is 16.5 Å². The van der Waals surface area contributed by atoms with Gasteiger partial charge in [-0.1, -0.05) is 40.1 Å². The molecule has 1 aliphatic heterocycles. The second-order valence-electron chi connectivity index (χ2n) is 5.81. The van der Waals surface area contributed by atoms with E-state index in [1.54, 1.807) is 0 Å². The molecule has 3 rings (SSSR count). The SMILES string of the molecule is CC(Cc1nc(-c2cccc(Br)c2)no1)C1CCCNC1.Cl. The molecule has 0 radical (unpaired) electrons. The van der Waals surface area contributed by atoms with E-state index in [-0.39, 0.29) is 12.4 Å². The van der Waals surface area contributed by atoms with Gasteiger partial charge >= 0.3 is 0 Å². The molecule has 1 saturated heterocycles. The van der Waals surface area contributed by atoms with E-state index in [0.29, 0.717) is 17.7 Å². The second-order valence-corrected chi connectivity index (χ2v) is 6.73. The van der Waals surface area contributed by atoms with Gasteiger partial charge in [-0.3, -0.25) is 0 Å². The van der Waals surface area contributed by atoms with Gasteiger partial charge in [0.15, 0.2) is 0 Å². The van der Waals surface area contributed by atoms with E-state index in [1.807, 2.05) is 24.3 Å². The molecular weight excluding hydrogens is 366 g/mol. The van der Waals surface area contributed by atoms with Crippen LogP contribution in [0.2, 0.25) is 0 Å². The topological polar surface area (TPSA) is 51.0 Å². The summed E-state index contributed by atoms with van der Waals surface area (Å²) in [5.74, 6) is 2.68. The van der Waals surface area contributed by atoms with Crippen LogP contribution >= 0.6 is 28.3 Å². The number of aromatic nitrogens is 2. The van der Waals surface area contributed by atoms with Crippen LogP contribution in [0.15, 0.2) is 33.3 Å². The predicted octanol–water partition coefficient (Wildman–Crippen LogP) is 4.10. The van der Waals surface area contributed by atoms with E-state index in [1.165, 1.54) is 12.8 Å². The molecule has 2 atom stereocenters. The van der Waals surface area contributed by atoms with Gasteiger partial charge in [0.1, 0.15) is 0 Å². The molecule has 2 unspecified atom stereocenters. The van der Waals surface area contributed by atoms with Crippen molar-refractivity contribution in [2.45, 2.75) is 26.2 Å². The fraction of sp³-hybridized carbons (Fsp3) is 0.500. The molecular formula is C16H21BrClN3O. The lowest BCUT2D eigenvalue weighted by Crippen LogP contribution is -2.33. The third-order valence-corrected chi connectivity index (χ3v) is 4.68. The predicted molar refractivity (Wildman–Crippen MR) is 93.1 cm³/mol. The monoisotopic (exact) mass is 385 g/mol. The molecule has 1 fully saturated rings. The van der Waals surface area contributed by atoms with E-state index >= 15 is 0 Å². The molecule has 0 spiro atoms. The molecule has 1 aliphatic rings. The third kappa shape index (κ3) is 4.31. The summed E-state index contributed by atoms with van der Waals surface area (Å²) in [6.45, 7) is 4.53. The van der Waals surface area contributed by atoms with Crippen molar-refractivity contribution in [1.82, 2.24) is 15.5 Å². The van der Waals surface area contributed by atoms with E-state index in [2.05, 4.69) is 38.3 Å². The largest absolute Gasteiger partial charge is 0.339 e. The maximum absolute atomic E-state index is 5.42. The first kappa shape index (κ1) is 17.4. The summed E-state index contributed by atoms with van der Waals surface area (Å²) in [6, 6.07) is 7.96. The van der Waals surface area contributed by atoms with Crippen LogP contribution in [-0.4, -0.2) is 23.2 Å². The van der Waals surface area contributed by atoms with Gasteiger partial charge in [0.05, 0.1) is 0 Å². The first-order valence-electron chi connectivity index (χ1n) is 7.51. The summed E-state index contributed by atoms with van der Waals surface area (Å²) < 4.78 is 6.44. The number of nitrogens with zero attached hydrogens (tertiary/aromatic N) is 2. The number of piperidine rings is 1. The van der Waals surface area contributed by atoms with Crippen molar-refractivity contribution < 1.29 is 4.52 Å². The lowest BCUT2D eigenvalue weighted by atomic mass is 9.85. The summed E-state index contributed by atoms with van der Waals surface area (Å²) in [5.41, 5.74) is 0.978. The minimum absolute atomic E-state index is 0. The highest BCUT2D eigenvalue weighted by Crippen LogP contribution is 2.25. The number of nitrogens with one attached hydrogen (secondary N) is 1. The molecule has 2 heterocycles. The van der Waals surface area contributed by atoms with E-state index < -0.39 is 0 Å². The van der Waals surface area contributed by atoms with Gasteiger partial charge in [0.25, 0.3) is 0 Å². The molecule has 1 aromatic heterocycles. The maximum Gasteiger partial charge on any atom is 0.227 e.